The Hall–Kier alpha value is -3.13. The van der Waals surface area contributed by atoms with Crippen LogP contribution in [0.4, 0.5) is 11.5 Å². The fraction of sp³-hybridized carbons (Fsp3) is 0.0500. The third-order valence-electron chi connectivity index (χ3n) is 3.92. The maximum Gasteiger partial charge on any atom is 0.143 e. The zero-order valence-corrected chi connectivity index (χ0v) is 16.1. The lowest BCUT2D eigenvalue weighted by Crippen LogP contribution is -2.03. The summed E-state index contributed by atoms with van der Waals surface area (Å²) in [5.41, 5.74) is 14.4. The van der Waals surface area contributed by atoms with Gasteiger partial charge in [0.05, 0.1) is 5.56 Å². The van der Waals surface area contributed by atoms with Gasteiger partial charge in [-0.2, -0.15) is 10.5 Å². The van der Waals surface area contributed by atoms with Crippen LogP contribution in [0.1, 0.15) is 11.1 Å². The van der Waals surface area contributed by atoms with Crippen LogP contribution < -0.4 is 11.5 Å². The molecule has 0 spiro atoms. The minimum atomic E-state index is 0.0949. The van der Waals surface area contributed by atoms with Crippen LogP contribution in [-0.2, 0) is 0 Å². The van der Waals surface area contributed by atoms with Crippen molar-refractivity contribution in [3.63, 3.8) is 0 Å². The summed E-state index contributed by atoms with van der Waals surface area (Å²) in [6, 6.07) is 19.3. The molecule has 0 unspecified atom stereocenters. The summed E-state index contributed by atoms with van der Waals surface area (Å²) in [6.45, 7) is 0. The molecule has 132 valence electrons. The van der Waals surface area contributed by atoms with Gasteiger partial charge in [-0.25, -0.2) is 4.98 Å². The smallest absolute Gasteiger partial charge is 0.143 e. The number of nitriles is 2. The molecule has 27 heavy (non-hydrogen) atoms. The molecule has 7 heteroatoms. The Kier molecular flexibility index (Phi) is 5.56. The molecule has 0 bridgehead atoms. The van der Waals surface area contributed by atoms with E-state index in [0.717, 1.165) is 15.4 Å². The highest BCUT2D eigenvalue weighted by Crippen LogP contribution is 2.39. The summed E-state index contributed by atoms with van der Waals surface area (Å²) in [7, 11) is 0. The topological polar surface area (TPSA) is 113 Å². The van der Waals surface area contributed by atoms with Crippen LogP contribution in [-0.4, -0.2) is 11.2 Å². The zero-order chi connectivity index (χ0) is 19.4. The van der Waals surface area contributed by atoms with Gasteiger partial charge in [0.1, 0.15) is 28.5 Å². The van der Waals surface area contributed by atoms with E-state index < -0.39 is 0 Å². The average Bonchev–Trinajstić information content (AvgIpc) is 2.69. The molecule has 2 aromatic carbocycles. The SMILES string of the molecule is CSc1ccc(-c2c(C#N)c(N)nc(Sc3ccccc3N)c2C#N)cc1. The van der Waals surface area contributed by atoms with Crippen molar-refractivity contribution < 1.29 is 0 Å². The summed E-state index contributed by atoms with van der Waals surface area (Å²) in [4.78, 5) is 6.17. The minimum absolute atomic E-state index is 0.0949. The number of nitrogens with two attached hydrogens (primary N) is 2. The third-order valence-corrected chi connectivity index (χ3v) is 5.74. The summed E-state index contributed by atoms with van der Waals surface area (Å²) in [6.07, 6.45) is 1.99. The lowest BCUT2D eigenvalue weighted by atomic mass is 9.97. The van der Waals surface area contributed by atoms with Crippen LogP contribution in [0.3, 0.4) is 0 Å². The Morgan fingerprint density at radius 1 is 0.926 bits per heavy atom. The molecule has 5 nitrogen and oxygen atoms in total. The predicted octanol–water partition coefficient (Wildman–Crippen LogP) is 4.53. The van der Waals surface area contributed by atoms with E-state index in [-0.39, 0.29) is 11.4 Å². The Morgan fingerprint density at radius 3 is 2.19 bits per heavy atom. The van der Waals surface area contributed by atoms with Crippen LogP contribution in [0.15, 0.2) is 63.3 Å². The maximum absolute atomic E-state index is 9.83. The number of anilines is 2. The highest BCUT2D eigenvalue weighted by Gasteiger charge is 2.21. The van der Waals surface area contributed by atoms with E-state index in [1.165, 1.54) is 11.8 Å². The zero-order valence-electron chi connectivity index (χ0n) is 14.4. The van der Waals surface area contributed by atoms with Crippen LogP contribution in [0.2, 0.25) is 0 Å². The summed E-state index contributed by atoms with van der Waals surface area (Å²) >= 11 is 2.88. The standard InChI is InChI=1S/C20H15N5S2/c1-26-13-8-6-12(7-9-13)18-14(10-21)19(24)25-20(15(18)11-22)27-17-5-3-2-4-16(17)23/h2-9H,23H2,1H3,(H2,24,25). The monoisotopic (exact) mass is 389 g/mol. The number of benzene rings is 2. The van der Waals surface area contributed by atoms with Gasteiger partial charge in [-0.05, 0) is 36.1 Å². The van der Waals surface area contributed by atoms with Crippen LogP contribution in [0.5, 0.6) is 0 Å². The van der Waals surface area contributed by atoms with E-state index in [9.17, 15) is 10.5 Å². The fourth-order valence-electron chi connectivity index (χ4n) is 2.60. The molecule has 0 aliphatic heterocycles. The maximum atomic E-state index is 9.83. The second-order valence-corrected chi connectivity index (χ2v) is 7.43. The molecule has 0 radical (unpaired) electrons. The van der Waals surface area contributed by atoms with Crippen molar-refractivity contribution in [3.8, 4) is 23.3 Å². The van der Waals surface area contributed by atoms with Gasteiger partial charge in [-0.1, -0.05) is 36.0 Å². The molecule has 4 N–H and O–H groups in total. The van der Waals surface area contributed by atoms with E-state index in [1.54, 1.807) is 17.8 Å². The summed E-state index contributed by atoms with van der Waals surface area (Å²) < 4.78 is 0. The van der Waals surface area contributed by atoms with Gasteiger partial charge in [0.2, 0.25) is 0 Å². The van der Waals surface area contributed by atoms with E-state index in [0.29, 0.717) is 21.8 Å². The average molecular weight is 390 g/mol. The number of para-hydroxylation sites is 1. The largest absolute Gasteiger partial charge is 0.398 e. The van der Waals surface area contributed by atoms with Crippen LogP contribution in [0.25, 0.3) is 11.1 Å². The first-order valence-electron chi connectivity index (χ1n) is 7.89. The van der Waals surface area contributed by atoms with E-state index in [2.05, 4.69) is 17.1 Å². The minimum Gasteiger partial charge on any atom is -0.398 e. The Labute approximate surface area is 166 Å². The van der Waals surface area contributed by atoms with E-state index in [1.807, 2.05) is 48.7 Å². The van der Waals surface area contributed by atoms with Gasteiger partial charge in [0.15, 0.2) is 0 Å². The van der Waals surface area contributed by atoms with Gasteiger partial charge in [0.25, 0.3) is 0 Å². The van der Waals surface area contributed by atoms with Crippen LogP contribution >= 0.6 is 23.5 Å². The molecule has 0 amide bonds. The van der Waals surface area contributed by atoms with Crippen LogP contribution in [0, 0.1) is 22.7 Å². The van der Waals surface area contributed by atoms with E-state index in [4.69, 9.17) is 11.5 Å². The number of rotatable bonds is 4. The highest BCUT2D eigenvalue weighted by atomic mass is 32.2. The molecule has 0 fully saturated rings. The molecule has 0 atom stereocenters. The number of hydrogen-bond acceptors (Lipinski definition) is 7. The number of aromatic nitrogens is 1. The Morgan fingerprint density at radius 2 is 1.59 bits per heavy atom. The molecule has 3 rings (SSSR count). The van der Waals surface area contributed by atoms with Gasteiger partial charge >= 0.3 is 0 Å². The number of nitrogen functional groups attached to an aromatic ring is 2. The molecular weight excluding hydrogens is 374 g/mol. The van der Waals surface area contributed by atoms with Crippen molar-refractivity contribution >= 4 is 35.0 Å². The normalized spacial score (nSPS) is 10.2. The molecule has 0 aliphatic rings. The Balaban J connectivity index is 2.22. The molecule has 1 aromatic heterocycles. The van der Waals surface area contributed by atoms with Gasteiger partial charge in [0, 0.05) is 21.0 Å². The lowest BCUT2D eigenvalue weighted by molar-refractivity contribution is 1.11. The fourth-order valence-corrected chi connectivity index (χ4v) is 3.94. The second kappa shape index (κ2) is 8.05. The molecule has 0 saturated heterocycles. The molecule has 1 heterocycles. The van der Waals surface area contributed by atoms with E-state index >= 15 is 0 Å². The molecule has 0 aliphatic carbocycles. The first-order valence-corrected chi connectivity index (χ1v) is 9.93. The van der Waals surface area contributed by atoms with Crippen molar-refractivity contribution in [2.45, 2.75) is 14.8 Å². The Bertz CT molecular complexity index is 1080. The molecule has 3 aromatic rings. The summed E-state index contributed by atoms with van der Waals surface area (Å²) in [5.74, 6) is 0.0949. The molecule has 0 saturated carbocycles. The number of thioether (sulfide) groups is 1. The first-order chi connectivity index (χ1) is 13.1. The lowest BCUT2D eigenvalue weighted by Gasteiger charge is -2.14. The highest BCUT2D eigenvalue weighted by molar-refractivity contribution is 7.99. The number of nitrogens with zero attached hydrogens (tertiary/aromatic N) is 3. The second-order valence-electron chi connectivity index (χ2n) is 5.52. The van der Waals surface area contributed by atoms with Crippen molar-refractivity contribution in [1.82, 2.24) is 4.98 Å². The van der Waals surface area contributed by atoms with Crippen molar-refractivity contribution in [1.29, 1.82) is 10.5 Å². The first kappa shape index (κ1) is 18.7. The van der Waals surface area contributed by atoms with Gasteiger partial charge in [-0.15, -0.1) is 11.8 Å². The van der Waals surface area contributed by atoms with Crippen molar-refractivity contribution in [3.05, 3.63) is 59.7 Å². The number of hydrogen-bond donors (Lipinski definition) is 2. The van der Waals surface area contributed by atoms with Crippen molar-refractivity contribution in [2.75, 3.05) is 17.7 Å². The third kappa shape index (κ3) is 3.70. The molecular formula is C20H15N5S2. The van der Waals surface area contributed by atoms with Gasteiger partial charge < -0.3 is 11.5 Å². The predicted molar refractivity (Wildman–Crippen MR) is 110 cm³/mol. The quantitative estimate of drug-likeness (QED) is 0.498. The summed E-state index contributed by atoms with van der Waals surface area (Å²) in [5, 5.41) is 19.9. The van der Waals surface area contributed by atoms with Crippen molar-refractivity contribution in [2.24, 2.45) is 0 Å². The van der Waals surface area contributed by atoms with Gasteiger partial charge in [-0.3, -0.25) is 0 Å². The number of pyridine rings is 1.